The van der Waals surface area contributed by atoms with Crippen LogP contribution in [-0.2, 0) is 54.4 Å². The first-order valence-corrected chi connectivity index (χ1v) is 10.8. The van der Waals surface area contributed by atoms with Crippen LogP contribution in [0.3, 0.4) is 0 Å². The predicted molar refractivity (Wildman–Crippen MR) is 112 cm³/mol. The van der Waals surface area contributed by atoms with E-state index in [4.69, 9.17) is 18.9 Å². The summed E-state index contributed by atoms with van der Waals surface area (Å²) in [7, 11) is 1.92. The molecule has 0 aromatic carbocycles. The van der Waals surface area contributed by atoms with Gasteiger partial charge in [-0.2, -0.15) is 0 Å². The number of ether oxygens (including phenoxy) is 4. The molecule has 2 heterocycles. The molecule has 0 saturated carbocycles. The minimum Gasteiger partial charge on any atom is -0.369 e. The van der Waals surface area contributed by atoms with E-state index in [-0.39, 0.29) is 51.3 Å². The molecule has 1 spiro atoms. The van der Waals surface area contributed by atoms with Crippen molar-refractivity contribution in [1.82, 2.24) is 16.0 Å². The molecule has 0 radical (unpaired) electrons. The molecule has 2 aliphatic rings. The van der Waals surface area contributed by atoms with Gasteiger partial charge >= 0.3 is 0 Å². The number of carbonyl (C=O) groups excluding carboxylic acids is 3. The molecule has 2 rings (SSSR count). The van der Waals surface area contributed by atoms with Crippen molar-refractivity contribution in [2.75, 3.05) is 46.6 Å². The summed E-state index contributed by atoms with van der Waals surface area (Å²) < 4.78 is 23.4. The Labute approximate surface area is 204 Å². The maximum absolute atomic E-state index is 12.2. The molecule has 1 unspecified atom stereocenters. The van der Waals surface area contributed by atoms with Gasteiger partial charge in [0, 0.05) is 40.5 Å². The predicted octanol–water partition coefficient (Wildman–Crippen LogP) is -0.0899. The molecule has 1 atom stereocenters. The second-order valence-corrected chi connectivity index (χ2v) is 8.31. The van der Waals surface area contributed by atoms with Crippen molar-refractivity contribution in [3.63, 3.8) is 0 Å². The number of carbonyl (C=O) groups is 3. The van der Waals surface area contributed by atoms with Gasteiger partial charge < -0.3 is 46.6 Å². The molecule has 2 saturated heterocycles. The largest absolute Gasteiger partial charge is 0.369 e. The molecular formula is C21H36N3O7W-. The van der Waals surface area contributed by atoms with Crippen molar-refractivity contribution in [3.05, 3.63) is 6.92 Å². The van der Waals surface area contributed by atoms with E-state index >= 15 is 0 Å². The molecule has 10 nitrogen and oxygen atoms in total. The fraction of sp³-hybridized carbons (Fsp3) is 0.810. The summed E-state index contributed by atoms with van der Waals surface area (Å²) in [6, 6.07) is -0.905. The summed E-state index contributed by atoms with van der Waals surface area (Å²) in [5.41, 5.74) is -0.267. The number of hydrogen-bond acceptors (Lipinski definition) is 8. The zero-order chi connectivity index (χ0) is 22.7. The van der Waals surface area contributed by atoms with Crippen molar-refractivity contribution < 1.29 is 54.4 Å². The van der Waals surface area contributed by atoms with E-state index in [1.165, 1.54) is 6.92 Å². The van der Waals surface area contributed by atoms with E-state index in [1.807, 2.05) is 7.05 Å². The molecule has 32 heavy (non-hydrogen) atoms. The Morgan fingerprint density at radius 1 is 0.969 bits per heavy atom. The molecule has 2 amide bonds. The number of amides is 2. The third-order valence-electron chi connectivity index (χ3n) is 5.23. The van der Waals surface area contributed by atoms with Crippen molar-refractivity contribution in [1.29, 1.82) is 0 Å². The van der Waals surface area contributed by atoms with Crippen molar-refractivity contribution in [2.45, 2.75) is 57.6 Å². The summed E-state index contributed by atoms with van der Waals surface area (Å²) in [5, 5.41) is 8.23. The molecule has 0 aromatic heterocycles. The van der Waals surface area contributed by atoms with Gasteiger partial charge in [-0.3, -0.25) is 9.59 Å². The summed E-state index contributed by atoms with van der Waals surface area (Å²) >= 11 is 0. The summed E-state index contributed by atoms with van der Waals surface area (Å²) in [6.45, 7) is 7.98. The standard InChI is InChI=1S/C21H36N3O7.W/c1-15(25)10-17(24-16(2)26)20(27)23-9-5-7-19-30-13-21(14-31-19)11-28-18(29-12-21)6-4-8-22-3;/h17-19,22H,2,4-14H2,1,3H3,(H,23,27)(H,24,26);/q-1;. The normalized spacial score (nSPS) is 26.1. The first-order valence-electron chi connectivity index (χ1n) is 10.8. The van der Waals surface area contributed by atoms with Crippen LogP contribution in [-0.4, -0.2) is 82.8 Å². The van der Waals surface area contributed by atoms with Crippen LogP contribution in [0, 0.1) is 12.3 Å². The topological polar surface area (TPSA) is 124 Å². The number of hydrogen-bond donors (Lipinski definition) is 3. The van der Waals surface area contributed by atoms with Gasteiger partial charge in [0.15, 0.2) is 12.6 Å². The van der Waals surface area contributed by atoms with Gasteiger partial charge in [0.2, 0.25) is 5.91 Å². The van der Waals surface area contributed by atoms with Crippen molar-refractivity contribution in [3.8, 4) is 0 Å². The fourth-order valence-electron chi connectivity index (χ4n) is 3.50. The number of ketones is 1. The second kappa shape index (κ2) is 15.0. The maximum Gasteiger partial charge on any atom is 0.242 e. The molecular weight excluding hydrogens is 590 g/mol. The van der Waals surface area contributed by atoms with E-state index in [0.29, 0.717) is 45.8 Å². The van der Waals surface area contributed by atoms with Gasteiger partial charge in [0.1, 0.15) is 11.8 Å². The Morgan fingerprint density at radius 3 is 1.91 bits per heavy atom. The third kappa shape index (κ3) is 10.3. The fourth-order valence-corrected chi connectivity index (χ4v) is 3.50. The average Bonchev–Trinajstić information content (AvgIpc) is 2.73. The molecule has 2 aliphatic heterocycles. The summed E-state index contributed by atoms with van der Waals surface area (Å²) in [6.07, 6.45) is 2.53. The molecule has 0 aliphatic carbocycles. The molecule has 0 bridgehead atoms. The van der Waals surface area contributed by atoms with Crippen LogP contribution in [0.5, 0.6) is 0 Å². The van der Waals surface area contributed by atoms with Gasteiger partial charge in [0.05, 0.1) is 37.7 Å². The molecule has 184 valence electrons. The van der Waals surface area contributed by atoms with Crippen LogP contribution in [0.2, 0.25) is 0 Å². The van der Waals surface area contributed by atoms with Crippen LogP contribution in [0.25, 0.3) is 0 Å². The Morgan fingerprint density at radius 2 is 1.47 bits per heavy atom. The Balaban J connectivity index is 0.00000512. The average molecular weight is 626 g/mol. The summed E-state index contributed by atoms with van der Waals surface area (Å²) in [5.74, 6) is -1.19. The summed E-state index contributed by atoms with van der Waals surface area (Å²) in [4.78, 5) is 34.6. The van der Waals surface area contributed by atoms with E-state index in [1.54, 1.807) is 0 Å². The second-order valence-electron chi connectivity index (χ2n) is 8.31. The zero-order valence-electron chi connectivity index (χ0n) is 19.0. The van der Waals surface area contributed by atoms with Crippen molar-refractivity contribution in [2.24, 2.45) is 5.41 Å². The Hall–Kier alpha value is -1.03. The Kier molecular flexibility index (Phi) is 13.6. The van der Waals surface area contributed by atoms with E-state index in [9.17, 15) is 14.4 Å². The Bertz CT molecular complexity index is 574. The van der Waals surface area contributed by atoms with Gasteiger partial charge in [0.25, 0.3) is 0 Å². The van der Waals surface area contributed by atoms with Gasteiger partial charge in [-0.1, -0.05) is 0 Å². The molecule has 0 aromatic rings. The number of nitrogens with one attached hydrogen (secondary N) is 3. The van der Waals surface area contributed by atoms with Crippen LogP contribution in [0.1, 0.15) is 39.0 Å². The van der Waals surface area contributed by atoms with E-state index in [2.05, 4.69) is 22.9 Å². The molecule has 2 fully saturated rings. The van der Waals surface area contributed by atoms with Gasteiger partial charge in [-0.25, -0.2) is 0 Å². The number of rotatable bonds is 12. The van der Waals surface area contributed by atoms with Crippen molar-refractivity contribution >= 4 is 17.6 Å². The quantitative estimate of drug-likeness (QED) is 0.203. The number of Topliss-reactive ketones (excluding diaryl/α,β-unsaturated/α-hetero) is 1. The maximum atomic E-state index is 12.2. The van der Waals surface area contributed by atoms with Crippen LogP contribution in [0.4, 0.5) is 0 Å². The first kappa shape index (κ1) is 29.0. The monoisotopic (exact) mass is 626 g/mol. The van der Waals surface area contributed by atoms with E-state index in [0.717, 1.165) is 19.4 Å². The van der Waals surface area contributed by atoms with Crippen LogP contribution < -0.4 is 16.0 Å². The molecule has 3 N–H and O–H groups in total. The van der Waals surface area contributed by atoms with Crippen LogP contribution in [0.15, 0.2) is 0 Å². The zero-order valence-corrected chi connectivity index (χ0v) is 21.9. The SMILES string of the molecule is [CH2-]C(=O)NC(CC(C)=O)C(=O)NCCCC1OCC2(COC(CCCNC)OC2)CO1.[W]. The third-order valence-corrected chi connectivity index (χ3v) is 5.23. The van der Waals surface area contributed by atoms with E-state index < -0.39 is 17.9 Å². The van der Waals surface area contributed by atoms with Gasteiger partial charge in [-0.05, 0) is 39.8 Å². The van der Waals surface area contributed by atoms with Crippen LogP contribution >= 0.6 is 0 Å². The minimum atomic E-state index is -0.905. The minimum absolute atomic E-state index is 0. The molecule has 11 heteroatoms. The first-order chi connectivity index (χ1) is 14.8. The smallest absolute Gasteiger partial charge is 0.242 e. The van der Waals surface area contributed by atoms with Gasteiger partial charge in [-0.15, -0.1) is 0 Å².